The SMILES string of the molecule is CCCCCCC(C)OCc1cc(C(=O)NN)sc1C. The largest absolute Gasteiger partial charge is 0.374 e. The van der Waals surface area contributed by atoms with E-state index in [-0.39, 0.29) is 12.0 Å². The number of carbonyl (C=O) groups excluding carboxylic acids is 1. The Labute approximate surface area is 125 Å². The number of thiophene rings is 1. The van der Waals surface area contributed by atoms with Gasteiger partial charge in [0.1, 0.15) is 0 Å². The van der Waals surface area contributed by atoms with E-state index in [2.05, 4.69) is 19.3 Å². The zero-order chi connectivity index (χ0) is 15.0. The zero-order valence-electron chi connectivity index (χ0n) is 12.7. The minimum Gasteiger partial charge on any atom is -0.374 e. The summed E-state index contributed by atoms with van der Waals surface area (Å²) in [6.07, 6.45) is 6.42. The first-order valence-electron chi connectivity index (χ1n) is 7.30. The Morgan fingerprint density at radius 3 is 2.85 bits per heavy atom. The first-order valence-corrected chi connectivity index (χ1v) is 8.12. The average Bonchev–Trinajstić information content (AvgIpc) is 2.82. The predicted molar refractivity (Wildman–Crippen MR) is 83.7 cm³/mol. The van der Waals surface area contributed by atoms with Gasteiger partial charge in [-0.05, 0) is 31.9 Å². The van der Waals surface area contributed by atoms with Crippen molar-refractivity contribution < 1.29 is 9.53 Å². The van der Waals surface area contributed by atoms with Crippen molar-refractivity contribution in [2.24, 2.45) is 5.84 Å². The Balaban J connectivity index is 2.37. The molecule has 0 aliphatic heterocycles. The molecule has 0 bridgehead atoms. The van der Waals surface area contributed by atoms with E-state index in [0.29, 0.717) is 11.5 Å². The molecule has 1 unspecified atom stereocenters. The van der Waals surface area contributed by atoms with Crippen molar-refractivity contribution in [2.45, 2.75) is 65.6 Å². The number of hydrazine groups is 1. The highest BCUT2D eigenvalue weighted by molar-refractivity contribution is 7.14. The third-order valence-electron chi connectivity index (χ3n) is 3.36. The Morgan fingerprint density at radius 1 is 1.45 bits per heavy atom. The zero-order valence-corrected chi connectivity index (χ0v) is 13.5. The minimum atomic E-state index is -0.239. The Morgan fingerprint density at radius 2 is 2.20 bits per heavy atom. The number of nitrogens with two attached hydrogens (primary N) is 1. The van der Waals surface area contributed by atoms with Crippen molar-refractivity contribution in [1.29, 1.82) is 0 Å². The van der Waals surface area contributed by atoms with Gasteiger partial charge in [-0.1, -0.05) is 32.6 Å². The fourth-order valence-electron chi connectivity index (χ4n) is 2.02. The molecule has 0 radical (unpaired) electrons. The number of aryl methyl sites for hydroxylation is 1. The van der Waals surface area contributed by atoms with Gasteiger partial charge in [-0.3, -0.25) is 10.2 Å². The molecule has 1 amide bonds. The normalized spacial score (nSPS) is 12.4. The van der Waals surface area contributed by atoms with Gasteiger partial charge in [0.25, 0.3) is 5.91 Å². The smallest absolute Gasteiger partial charge is 0.275 e. The molecule has 0 fully saturated rings. The molecular weight excluding hydrogens is 272 g/mol. The van der Waals surface area contributed by atoms with Crippen LogP contribution < -0.4 is 11.3 Å². The summed E-state index contributed by atoms with van der Waals surface area (Å²) in [5.41, 5.74) is 3.23. The van der Waals surface area contributed by atoms with Crippen LogP contribution in [0.3, 0.4) is 0 Å². The second-order valence-electron chi connectivity index (χ2n) is 5.14. The highest BCUT2D eigenvalue weighted by Crippen LogP contribution is 2.23. The molecule has 0 spiro atoms. The topological polar surface area (TPSA) is 64.3 Å². The van der Waals surface area contributed by atoms with Crippen LogP contribution in [0.1, 0.15) is 66.1 Å². The molecule has 1 aromatic rings. The van der Waals surface area contributed by atoms with Crippen LogP contribution in [-0.2, 0) is 11.3 Å². The number of hydrogen-bond donors (Lipinski definition) is 2. The number of carbonyl (C=O) groups is 1. The van der Waals surface area contributed by atoms with Gasteiger partial charge in [0.05, 0.1) is 17.6 Å². The second-order valence-corrected chi connectivity index (χ2v) is 6.39. The Bertz CT molecular complexity index is 418. The van der Waals surface area contributed by atoms with Crippen LogP contribution in [0.25, 0.3) is 0 Å². The molecule has 0 aliphatic carbocycles. The molecular formula is C15H26N2O2S. The number of rotatable bonds is 9. The molecule has 114 valence electrons. The first-order chi connectivity index (χ1) is 9.58. The number of ether oxygens (including phenoxy) is 1. The molecule has 4 nitrogen and oxygen atoms in total. The maximum atomic E-state index is 11.5. The van der Waals surface area contributed by atoms with Crippen LogP contribution >= 0.6 is 11.3 Å². The summed E-state index contributed by atoms with van der Waals surface area (Å²) in [5.74, 6) is 4.90. The lowest BCUT2D eigenvalue weighted by atomic mass is 10.1. The van der Waals surface area contributed by atoms with Gasteiger partial charge in [0.2, 0.25) is 0 Å². The quantitative estimate of drug-likeness (QED) is 0.317. The molecule has 20 heavy (non-hydrogen) atoms. The van der Waals surface area contributed by atoms with Gasteiger partial charge in [0.15, 0.2) is 0 Å². The third kappa shape index (κ3) is 5.61. The lowest BCUT2D eigenvalue weighted by molar-refractivity contribution is 0.0458. The standard InChI is InChI=1S/C15H26N2O2S/c1-4-5-6-7-8-11(2)19-10-13-9-14(15(18)17-16)20-12(13)3/h9,11H,4-8,10,16H2,1-3H3,(H,17,18). The summed E-state index contributed by atoms with van der Waals surface area (Å²) in [6, 6.07) is 1.87. The molecule has 1 aromatic heterocycles. The van der Waals surface area contributed by atoms with Crippen molar-refractivity contribution in [3.05, 3.63) is 21.4 Å². The fourth-order valence-corrected chi connectivity index (χ4v) is 2.95. The van der Waals surface area contributed by atoms with Gasteiger partial charge < -0.3 is 4.74 Å². The van der Waals surface area contributed by atoms with E-state index >= 15 is 0 Å². The number of nitrogens with one attached hydrogen (secondary N) is 1. The molecule has 1 atom stereocenters. The predicted octanol–water partition coefficient (Wildman–Crippen LogP) is 3.54. The average molecular weight is 298 g/mol. The molecule has 0 saturated carbocycles. The van der Waals surface area contributed by atoms with Gasteiger partial charge >= 0.3 is 0 Å². The Hall–Kier alpha value is -0.910. The van der Waals surface area contributed by atoms with Crippen molar-refractivity contribution in [3.63, 3.8) is 0 Å². The van der Waals surface area contributed by atoms with Gasteiger partial charge in [-0.25, -0.2) is 5.84 Å². The summed E-state index contributed by atoms with van der Waals surface area (Å²) in [4.78, 5) is 13.2. The summed E-state index contributed by atoms with van der Waals surface area (Å²) < 4.78 is 5.86. The second kappa shape index (κ2) is 9.10. The van der Waals surface area contributed by atoms with Crippen LogP contribution in [0.15, 0.2) is 6.07 Å². The van der Waals surface area contributed by atoms with Crippen LogP contribution in [0.2, 0.25) is 0 Å². The maximum absolute atomic E-state index is 11.5. The van der Waals surface area contributed by atoms with Gasteiger partial charge in [-0.15, -0.1) is 11.3 Å². The lowest BCUT2D eigenvalue weighted by Crippen LogP contribution is -2.29. The third-order valence-corrected chi connectivity index (χ3v) is 4.45. The molecule has 5 heteroatoms. The molecule has 3 N–H and O–H groups in total. The summed E-state index contributed by atoms with van der Waals surface area (Å²) in [5, 5.41) is 0. The fraction of sp³-hybridized carbons (Fsp3) is 0.667. The van der Waals surface area contributed by atoms with Crippen molar-refractivity contribution in [1.82, 2.24) is 5.43 Å². The molecule has 1 rings (SSSR count). The van der Waals surface area contributed by atoms with Crippen LogP contribution in [0.4, 0.5) is 0 Å². The maximum Gasteiger partial charge on any atom is 0.275 e. The molecule has 0 aromatic carbocycles. The van der Waals surface area contributed by atoms with Crippen molar-refractivity contribution in [3.8, 4) is 0 Å². The van der Waals surface area contributed by atoms with E-state index in [1.165, 1.54) is 37.0 Å². The summed E-state index contributed by atoms with van der Waals surface area (Å²) >= 11 is 1.45. The van der Waals surface area contributed by atoms with E-state index in [1.54, 1.807) is 0 Å². The van der Waals surface area contributed by atoms with E-state index in [1.807, 2.05) is 13.0 Å². The monoisotopic (exact) mass is 298 g/mol. The van der Waals surface area contributed by atoms with E-state index in [9.17, 15) is 4.79 Å². The van der Waals surface area contributed by atoms with E-state index in [0.717, 1.165) is 16.9 Å². The number of nitrogen functional groups attached to an aromatic ring is 1. The van der Waals surface area contributed by atoms with Gasteiger partial charge in [-0.2, -0.15) is 0 Å². The number of unbranched alkanes of at least 4 members (excludes halogenated alkanes) is 3. The molecule has 1 heterocycles. The highest BCUT2D eigenvalue weighted by atomic mass is 32.1. The van der Waals surface area contributed by atoms with Crippen LogP contribution in [0.5, 0.6) is 0 Å². The minimum absolute atomic E-state index is 0.239. The van der Waals surface area contributed by atoms with Crippen molar-refractivity contribution >= 4 is 17.2 Å². The summed E-state index contributed by atoms with van der Waals surface area (Å²) in [6.45, 7) is 6.90. The van der Waals surface area contributed by atoms with E-state index in [4.69, 9.17) is 10.6 Å². The number of hydrogen-bond acceptors (Lipinski definition) is 4. The number of amides is 1. The highest BCUT2D eigenvalue weighted by Gasteiger charge is 2.12. The van der Waals surface area contributed by atoms with Gasteiger partial charge in [0, 0.05) is 4.88 Å². The first kappa shape index (κ1) is 17.1. The van der Waals surface area contributed by atoms with Crippen LogP contribution in [-0.4, -0.2) is 12.0 Å². The van der Waals surface area contributed by atoms with Crippen molar-refractivity contribution in [2.75, 3.05) is 0 Å². The van der Waals surface area contributed by atoms with E-state index < -0.39 is 0 Å². The summed E-state index contributed by atoms with van der Waals surface area (Å²) in [7, 11) is 0. The van der Waals surface area contributed by atoms with Crippen LogP contribution in [0, 0.1) is 6.92 Å². The Kier molecular flexibility index (Phi) is 7.80. The molecule has 0 saturated heterocycles. The molecule has 0 aliphatic rings. The lowest BCUT2D eigenvalue weighted by Gasteiger charge is -2.12.